The Hall–Kier alpha value is -3.14. The van der Waals surface area contributed by atoms with Crippen molar-refractivity contribution in [1.82, 2.24) is 0 Å². The highest BCUT2D eigenvalue weighted by atomic mass is 16.7. The van der Waals surface area contributed by atoms with Gasteiger partial charge in [0.15, 0.2) is 12.4 Å². The molecule has 0 aliphatic carbocycles. The minimum absolute atomic E-state index is 0.0754. The summed E-state index contributed by atoms with van der Waals surface area (Å²) in [6, 6.07) is 6.06. The van der Waals surface area contributed by atoms with Gasteiger partial charge in [0.05, 0.1) is 25.0 Å². The van der Waals surface area contributed by atoms with Gasteiger partial charge in [0.25, 0.3) is 0 Å². The zero-order valence-corrected chi connectivity index (χ0v) is 20.2. The van der Waals surface area contributed by atoms with E-state index in [2.05, 4.69) is 0 Å². The van der Waals surface area contributed by atoms with Crippen LogP contribution in [0.5, 0.6) is 5.75 Å². The molecule has 13 nitrogen and oxygen atoms in total. The molecule has 8 atom stereocenters. The van der Waals surface area contributed by atoms with E-state index in [1.54, 1.807) is 12.1 Å². The predicted octanol–water partition coefficient (Wildman–Crippen LogP) is -1.76. The smallest absolute Gasteiger partial charge is 0.337 e. The maximum atomic E-state index is 12.2. The van der Waals surface area contributed by atoms with E-state index < -0.39 is 74.2 Å². The van der Waals surface area contributed by atoms with Crippen molar-refractivity contribution in [3.63, 3.8) is 0 Å². The van der Waals surface area contributed by atoms with Crippen molar-refractivity contribution < 1.29 is 64.3 Å². The molecule has 0 amide bonds. The topological polar surface area (TPSA) is 213 Å². The van der Waals surface area contributed by atoms with Gasteiger partial charge in [-0.1, -0.05) is 12.1 Å². The number of rotatable bonds is 9. The van der Waals surface area contributed by atoms with Crippen LogP contribution < -0.4 is 0 Å². The molecule has 1 aromatic rings. The maximum absolute atomic E-state index is 12.2. The molecule has 1 aromatic carbocycles. The normalized spacial score (nSPS) is 32.0. The molecule has 38 heavy (non-hydrogen) atoms. The highest BCUT2D eigenvalue weighted by Gasteiger charge is 2.45. The van der Waals surface area contributed by atoms with Crippen molar-refractivity contribution in [2.45, 2.75) is 55.9 Å². The molecular formula is C25H30O13. The Morgan fingerprint density at radius 2 is 1.79 bits per heavy atom. The summed E-state index contributed by atoms with van der Waals surface area (Å²) in [4.78, 5) is 24.2. The molecule has 0 aromatic heterocycles. The molecule has 0 bridgehead atoms. The average molecular weight is 539 g/mol. The number of carbonyl (C=O) groups is 2. The first-order chi connectivity index (χ1) is 18.0. The van der Waals surface area contributed by atoms with Crippen LogP contribution in [0, 0.1) is 0 Å². The zero-order chi connectivity index (χ0) is 28.0. The summed E-state index contributed by atoms with van der Waals surface area (Å²) in [5, 5.41) is 69.1. The van der Waals surface area contributed by atoms with Crippen LogP contribution in [0.15, 0.2) is 53.8 Å². The van der Waals surface area contributed by atoms with Crippen LogP contribution in [-0.2, 0) is 28.5 Å². The van der Waals surface area contributed by atoms with Gasteiger partial charge < -0.3 is 54.7 Å². The minimum atomic E-state index is -1.65. The molecule has 0 radical (unpaired) electrons. The number of ether oxygens (including phenoxy) is 4. The molecule has 2 aliphatic rings. The van der Waals surface area contributed by atoms with Gasteiger partial charge in [0.2, 0.25) is 0 Å². The lowest BCUT2D eigenvalue weighted by Crippen LogP contribution is -2.59. The largest absolute Gasteiger partial charge is 0.508 e. The Bertz CT molecular complexity index is 1060. The van der Waals surface area contributed by atoms with Crippen LogP contribution in [0.25, 0.3) is 6.08 Å². The van der Waals surface area contributed by atoms with E-state index in [4.69, 9.17) is 18.9 Å². The molecule has 0 saturated carbocycles. The molecule has 7 N–H and O–H groups in total. The second kappa shape index (κ2) is 13.1. The van der Waals surface area contributed by atoms with Gasteiger partial charge in [0.1, 0.15) is 42.4 Å². The Balaban J connectivity index is 1.55. The first kappa shape index (κ1) is 29.4. The second-order valence-corrected chi connectivity index (χ2v) is 8.67. The third kappa shape index (κ3) is 7.03. The fourth-order valence-corrected chi connectivity index (χ4v) is 3.70. The molecular weight excluding hydrogens is 508 g/mol. The van der Waals surface area contributed by atoms with E-state index in [0.717, 1.165) is 18.4 Å². The van der Waals surface area contributed by atoms with Crippen molar-refractivity contribution in [1.29, 1.82) is 0 Å². The monoisotopic (exact) mass is 538 g/mol. The molecule has 2 fully saturated rings. The summed E-state index contributed by atoms with van der Waals surface area (Å²) in [6.45, 7) is 0.353. The number of esters is 2. The molecule has 3 rings (SSSR count). The van der Waals surface area contributed by atoms with Crippen molar-refractivity contribution in [2.75, 3.05) is 13.2 Å². The maximum Gasteiger partial charge on any atom is 0.337 e. The zero-order valence-electron chi connectivity index (χ0n) is 20.2. The minimum Gasteiger partial charge on any atom is -0.508 e. The average Bonchev–Trinajstić information content (AvgIpc) is 3.19. The standard InChI is InChI=1S/C25H30O13/c1-12(11-36-17(28)7-4-13-2-5-14(27)6-3-13)18(29)23-19(30)15(24(34)38-23)8-9-35-25-22(33)21(32)20(31)16(10-26)37-25/h2-8,11,16,18-23,25-27,29-33H,9-10H2,1H3. The Morgan fingerprint density at radius 3 is 2.45 bits per heavy atom. The fraction of sp³-hybridized carbons (Fsp3) is 0.440. The number of hydrogen-bond acceptors (Lipinski definition) is 13. The molecule has 2 heterocycles. The summed E-state index contributed by atoms with van der Waals surface area (Å²) >= 11 is 0. The van der Waals surface area contributed by atoms with E-state index in [1.165, 1.54) is 25.1 Å². The lowest BCUT2D eigenvalue weighted by Gasteiger charge is -2.39. The van der Waals surface area contributed by atoms with Gasteiger partial charge in [-0.3, -0.25) is 0 Å². The summed E-state index contributed by atoms with van der Waals surface area (Å²) in [5.41, 5.74) is 0.462. The molecule has 0 spiro atoms. The first-order valence-electron chi connectivity index (χ1n) is 11.6. The van der Waals surface area contributed by atoms with Gasteiger partial charge in [-0.05, 0) is 42.3 Å². The third-order valence-electron chi connectivity index (χ3n) is 5.96. The van der Waals surface area contributed by atoms with Crippen molar-refractivity contribution in [2.24, 2.45) is 0 Å². The summed E-state index contributed by atoms with van der Waals surface area (Å²) < 4.78 is 20.5. The Morgan fingerprint density at radius 1 is 1.11 bits per heavy atom. The number of phenols is 1. The molecule has 2 saturated heterocycles. The van der Waals surface area contributed by atoms with Crippen LogP contribution in [0.1, 0.15) is 12.5 Å². The molecule has 13 heteroatoms. The highest BCUT2D eigenvalue weighted by Crippen LogP contribution is 2.27. The summed E-state index contributed by atoms with van der Waals surface area (Å²) in [6.07, 6.45) is -7.33. The highest BCUT2D eigenvalue weighted by molar-refractivity contribution is 5.92. The van der Waals surface area contributed by atoms with Crippen LogP contribution in [0.4, 0.5) is 0 Å². The van der Waals surface area contributed by atoms with Gasteiger partial charge in [-0.25, -0.2) is 9.59 Å². The van der Waals surface area contributed by atoms with E-state index in [0.29, 0.717) is 5.56 Å². The number of aliphatic hydroxyl groups excluding tert-OH is 6. The van der Waals surface area contributed by atoms with Crippen LogP contribution in [-0.4, -0.2) is 110 Å². The van der Waals surface area contributed by atoms with E-state index in [1.807, 2.05) is 0 Å². The van der Waals surface area contributed by atoms with Gasteiger partial charge in [0, 0.05) is 6.08 Å². The number of phenolic OH excluding ortho intramolecular Hbond substituents is 1. The number of hydrogen-bond donors (Lipinski definition) is 7. The van der Waals surface area contributed by atoms with Crippen molar-refractivity contribution in [3.05, 3.63) is 59.4 Å². The number of carbonyl (C=O) groups excluding carboxylic acids is 2. The summed E-state index contributed by atoms with van der Waals surface area (Å²) in [7, 11) is 0. The Labute approximate surface area is 217 Å². The van der Waals surface area contributed by atoms with E-state index in [9.17, 15) is 45.3 Å². The Kier molecular flexibility index (Phi) is 10.1. The SMILES string of the molecule is CC(=COC(=O)C=Cc1ccc(O)cc1)C(O)C1OC(=O)C(=CCOC2OC(CO)C(O)C(O)C2O)C1O. The van der Waals surface area contributed by atoms with Gasteiger partial charge in [-0.15, -0.1) is 0 Å². The lowest BCUT2D eigenvalue weighted by atomic mass is 9.99. The molecule has 208 valence electrons. The van der Waals surface area contributed by atoms with Crippen LogP contribution in [0.3, 0.4) is 0 Å². The van der Waals surface area contributed by atoms with Crippen molar-refractivity contribution >= 4 is 18.0 Å². The lowest BCUT2D eigenvalue weighted by molar-refractivity contribution is -0.298. The van der Waals surface area contributed by atoms with E-state index >= 15 is 0 Å². The van der Waals surface area contributed by atoms with E-state index in [-0.39, 0.29) is 16.9 Å². The second-order valence-electron chi connectivity index (χ2n) is 8.67. The van der Waals surface area contributed by atoms with Crippen molar-refractivity contribution in [3.8, 4) is 5.75 Å². The number of aromatic hydroxyl groups is 1. The third-order valence-corrected chi connectivity index (χ3v) is 5.96. The number of benzene rings is 1. The first-order valence-corrected chi connectivity index (χ1v) is 11.6. The number of cyclic esters (lactones) is 1. The quantitative estimate of drug-likeness (QED) is 0.106. The fourth-order valence-electron chi connectivity index (χ4n) is 3.70. The molecule has 8 unspecified atom stereocenters. The van der Waals surface area contributed by atoms with Crippen LogP contribution >= 0.6 is 0 Å². The predicted molar refractivity (Wildman–Crippen MR) is 127 cm³/mol. The van der Waals surface area contributed by atoms with Gasteiger partial charge >= 0.3 is 11.9 Å². The van der Waals surface area contributed by atoms with Crippen LogP contribution in [0.2, 0.25) is 0 Å². The summed E-state index contributed by atoms with van der Waals surface area (Å²) in [5.74, 6) is -1.63. The number of aliphatic hydroxyl groups is 6. The van der Waals surface area contributed by atoms with Gasteiger partial charge in [-0.2, -0.15) is 0 Å². The molecule has 2 aliphatic heterocycles.